The minimum absolute atomic E-state index is 0.439. The molecule has 0 saturated heterocycles. The largest absolute Gasteiger partial charge is 0.362 e. The van der Waals surface area contributed by atoms with Gasteiger partial charge in [0.2, 0.25) is 0 Å². The van der Waals surface area contributed by atoms with Crippen LogP contribution < -0.4 is 21.5 Å². The van der Waals surface area contributed by atoms with Crippen molar-refractivity contribution in [2.24, 2.45) is 5.73 Å². The molecular formula is C22H26N4. The summed E-state index contributed by atoms with van der Waals surface area (Å²) in [6.45, 7) is 4.92. The lowest BCUT2D eigenvalue weighted by Gasteiger charge is -2.24. The summed E-state index contributed by atoms with van der Waals surface area (Å²) in [4.78, 5) is 7.11. The summed E-state index contributed by atoms with van der Waals surface area (Å²) in [7, 11) is 0. The van der Waals surface area contributed by atoms with Crippen LogP contribution >= 0.6 is 0 Å². The van der Waals surface area contributed by atoms with Gasteiger partial charge in [-0.1, -0.05) is 17.7 Å². The molecule has 4 nitrogen and oxygen atoms in total. The van der Waals surface area contributed by atoms with Crippen molar-refractivity contribution in [2.75, 3.05) is 12.0 Å². The van der Waals surface area contributed by atoms with Gasteiger partial charge < -0.3 is 21.0 Å². The first-order valence-electron chi connectivity index (χ1n) is 9.63. The van der Waals surface area contributed by atoms with E-state index in [4.69, 9.17) is 5.73 Å². The molecule has 2 aliphatic carbocycles. The van der Waals surface area contributed by atoms with Crippen LogP contribution in [0, 0.1) is 13.8 Å². The standard InChI is InChI=1S/C22H26N4/c1-12-13(2)25-19-5-3-4-14-8-16(21(12)19)9-15-6-7-18-17(22(14)15)10-20(26-18)24-11-23/h6-7,9-10,16,24-26H,3-5,8,11,23H2,1-2H3. The Balaban J connectivity index is 1.78. The van der Waals surface area contributed by atoms with Crippen LogP contribution in [0.1, 0.15) is 47.7 Å². The zero-order valence-corrected chi connectivity index (χ0v) is 15.5. The van der Waals surface area contributed by atoms with E-state index in [1.807, 2.05) is 0 Å². The predicted molar refractivity (Wildman–Crippen MR) is 109 cm³/mol. The normalized spacial score (nSPS) is 18.7. The Bertz CT molecular complexity index is 1130. The molecule has 5 N–H and O–H groups in total. The molecule has 26 heavy (non-hydrogen) atoms. The van der Waals surface area contributed by atoms with Gasteiger partial charge in [-0.25, -0.2) is 0 Å². The SMILES string of the molecule is Cc1[nH]c2c(c1C)C1C=c3ccc4[nH]c(NCN)cc4c3=C(CCC2)C1. The summed E-state index contributed by atoms with van der Waals surface area (Å²) >= 11 is 0. The fourth-order valence-electron chi connectivity index (χ4n) is 5.01. The van der Waals surface area contributed by atoms with Gasteiger partial charge in [-0.05, 0) is 73.2 Å². The van der Waals surface area contributed by atoms with Gasteiger partial charge in [-0.3, -0.25) is 0 Å². The van der Waals surface area contributed by atoms with Crippen LogP contribution in [0.15, 0.2) is 18.2 Å². The van der Waals surface area contributed by atoms with Gasteiger partial charge in [0.15, 0.2) is 0 Å². The Hall–Kier alpha value is -2.46. The molecule has 0 aliphatic heterocycles. The second-order valence-corrected chi connectivity index (χ2v) is 7.76. The number of aromatic nitrogens is 2. The molecule has 0 spiro atoms. The van der Waals surface area contributed by atoms with E-state index in [2.05, 4.69) is 53.4 Å². The van der Waals surface area contributed by atoms with Gasteiger partial charge >= 0.3 is 0 Å². The number of rotatable bonds is 2. The number of benzene rings is 1. The molecule has 2 aromatic heterocycles. The van der Waals surface area contributed by atoms with Crippen molar-refractivity contribution in [1.29, 1.82) is 0 Å². The number of H-pyrrole nitrogens is 2. The number of aryl methyl sites for hydroxylation is 2. The molecule has 0 radical (unpaired) electrons. The smallest absolute Gasteiger partial charge is 0.105 e. The lowest BCUT2D eigenvalue weighted by atomic mass is 9.79. The molecule has 2 aliphatic rings. The number of aromatic amines is 2. The van der Waals surface area contributed by atoms with Gasteiger partial charge in [-0.2, -0.15) is 0 Å². The Morgan fingerprint density at radius 3 is 2.92 bits per heavy atom. The van der Waals surface area contributed by atoms with Crippen molar-refractivity contribution in [3.63, 3.8) is 0 Å². The Morgan fingerprint density at radius 1 is 1.19 bits per heavy atom. The first-order chi connectivity index (χ1) is 12.7. The Kier molecular flexibility index (Phi) is 3.50. The molecule has 0 fully saturated rings. The van der Waals surface area contributed by atoms with Crippen molar-refractivity contribution in [3.8, 4) is 0 Å². The highest BCUT2D eigenvalue weighted by Gasteiger charge is 2.25. The summed E-state index contributed by atoms with van der Waals surface area (Å²) in [6, 6.07) is 6.70. The molecule has 134 valence electrons. The predicted octanol–water partition coefficient (Wildman–Crippen LogP) is 2.90. The fourth-order valence-corrected chi connectivity index (χ4v) is 5.01. The third-order valence-electron chi connectivity index (χ3n) is 6.24. The van der Waals surface area contributed by atoms with Gasteiger partial charge in [0.1, 0.15) is 5.82 Å². The summed E-state index contributed by atoms with van der Waals surface area (Å²) in [6.07, 6.45) is 7.17. The average molecular weight is 346 g/mol. The second kappa shape index (κ2) is 5.78. The Morgan fingerprint density at radius 2 is 2.08 bits per heavy atom. The van der Waals surface area contributed by atoms with Crippen LogP contribution in [-0.4, -0.2) is 16.6 Å². The summed E-state index contributed by atoms with van der Waals surface area (Å²) in [5.41, 5.74) is 14.2. The van der Waals surface area contributed by atoms with Crippen molar-refractivity contribution in [2.45, 2.75) is 45.4 Å². The average Bonchev–Trinajstić information content (AvgIpc) is 3.14. The van der Waals surface area contributed by atoms with Gasteiger partial charge in [0, 0.05) is 28.2 Å². The first-order valence-corrected chi connectivity index (χ1v) is 9.63. The van der Waals surface area contributed by atoms with E-state index >= 15 is 0 Å². The summed E-state index contributed by atoms with van der Waals surface area (Å²) < 4.78 is 0. The molecule has 3 aromatic rings. The summed E-state index contributed by atoms with van der Waals surface area (Å²) in [5, 5.41) is 7.36. The molecule has 1 atom stereocenters. The molecule has 1 unspecified atom stereocenters. The molecule has 5 rings (SSSR count). The molecule has 4 heteroatoms. The number of hydrogen-bond acceptors (Lipinski definition) is 2. The maximum absolute atomic E-state index is 5.65. The highest BCUT2D eigenvalue weighted by Crippen LogP contribution is 2.37. The second-order valence-electron chi connectivity index (χ2n) is 7.76. The monoisotopic (exact) mass is 346 g/mol. The zero-order chi connectivity index (χ0) is 17.8. The maximum Gasteiger partial charge on any atom is 0.105 e. The minimum atomic E-state index is 0.439. The van der Waals surface area contributed by atoms with E-state index in [-0.39, 0.29) is 0 Å². The third-order valence-corrected chi connectivity index (χ3v) is 6.24. The highest BCUT2D eigenvalue weighted by atomic mass is 15.0. The lowest BCUT2D eigenvalue weighted by molar-refractivity contribution is 0.740. The molecular weight excluding hydrogens is 320 g/mol. The quantitative estimate of drug-likeness (QED) is 0.539. The van der Waals surface area contributed by atoms with Crippen molar-refractivity contribution < 1.29 is 0 Å². The molecule has 2 bridgehead atoms. The van der Waals surface area contributed by atoms with Gasteiger partial charge in [0.05, 0.1) is 6.67 Å². The first kappa shape index (κ1) is 15.8. The molecule has 0 amide bonds. The molecule has 2 heterocycles. The minimum Gasteiger partial charge on any atom is -0.362 e. The third kappa shape index (κ3) is 2.25. The summed E-state index contributed by atoms with van der Waals surface area (Å²) in [5.74, 6) is 1.50. The number of nitrogens with one attached hydrogen (secondary N) is 3. The van der Waals surface area contributed by atoms with Crippen molar-refractivity contribution in [3.05, 3.63) is 51.2 Å². The lowest BCUT2D eigenvalue weighted by Crippen LogP contribution is -2.33. The van der Waals surface area contributed by atoms with E-state index < -0.39 is 0 Å². The zero-order valence-electron chi connectivity index (χ0n) is 15.5. The maximum atomic E-state index is 5.65. The Labute approximate surface area is 153 Å². The number of anilines is 1. The van der Waals surface area contributed by atoms with Gasteiger partial charge in [0.25, 0.3) is 0 Å². The van der Waals surface area contributed by atoms with Crippen molar-refractivity contribution >= 4 is 28.4 Å². The van der Waals surface area contributed by atoms with E-state index in [1.165, 1.54) is 51.1 Å². The van der Waals surface area contributed by atoms with E-state index in [1.54, 1.807) is 11.1 Å². The number of nitrogens with two attached hydrogens (primary N) is 1. The molecule has 1 aromatic carbocycles. The van der Waals surface area contributed by atoms with E-state index in [0.717, 1.165) is 18.7 Å². The van der Waals surface area contributed by atoms with Crippen LogP contribution in [0.4, 0.5) is 5.82 Å². The van der Waals surface area contributed by atoms with Crippen LogP contribution in [0.25, 0.3) is 22.6 Å². The van der Waals surface area contributed by atoms with Crippen LogP contribution in [0.3, 0.4) is 0 Å². The van der Waals surface area contributed by atoms with Crippen LogP contribution in [0.2, 0.25) is 0 Å². The number of hydrogen-bond donors (Lipinski definition) is 4. The fraction of sp³-hybridized carbons (Fsp3) is 0.364. The van der Waals surface area contributed by atoms with Crippen LogP contribution in [0.5, 0.6) is 0 Å². The highest BCUT2D eigenvalue weighted by molar-refractivity contribution is 5.87. The van der Waals surface area contributed by atoms with E-state index in [9.17, 15) is 0 Å². The van der Waals surface area contributed by atoms with Gasteiger partial charge in [-0.15, -0.1) is 0 Å². The topological polar surface area (TPSA) is 69.6 Å². The van der Waals surface area contributed by atoms with Crippen LogP contribution in [-0.2, 0) is 6.42 Å². The van der Waals surface area contributed by atoms with Crippen molar-refractivity contribution in [1.82, 2.24) is 9.97 Å². The number of fused-ring (bicyclic) bond motifs is 7. The van der Waals surface area contributed by atoms with E-state index in [0.29, 0.717) is 12.6 Å². The molecule has 0 saturated carbocycles.